The molecule has 1 unspecified atom stereocenters. The summed E-state index contributed by atoms with van der Waals surface area (Å²) in [4.78, 5) is 14.2. The molecular formula is C30H28N2O3S2. The van der Waals surface area contributed by atoms with Gasteiger partial charge in [-0.3, -0.25) is 4.79 Å². The average Bonchev–Trinajstić information content (AvgIpc) is 3.34. The van der Waals surface area contributed by atoms with Crippen LogP contribution in [0.1, 0.15) is 49.8 Å². The number of thioether (sulfide) groups is 1. The van der Waals surface area contributed by atoms with Crippen molar-refractivity contribution in [2.45, 2.75) is 35.3 Å². The van der Waals surface area contributed by atoms with Crippen LogP contribution >= 0.6 is 23.1 Å². The number of fused-ring (bicyclic) bond motifs is 1. The number of benzene rings is 3. The van der Waals surface area contributed by atoms with E-state index in [0.29, 0.717) is 30.0 Å². The van der Waals surface area contributed by atoms with E-state index in [2.05, 4.69) is 34.7 Å². The van der Waals surface area contributed by atoms with E-state index in [1.54, 1.807) is 18.9 Å². The van der Waals surface area contributed by atoms with Crippen molar-refractivity contribution in [1.29, 1.82) is 0 Å². The lowest BCUT2D eigenvalue weighted by Gasteiger charge is -2.25. The Morgan fingerprint density at radius 1 is 1.00 bits per heavy atom. The third kappa shape index (κ3) is 5.73. The molecule has 0 bridgehead atoms. The van der Waals surface area contributed by atoms with Crippen LogP contribution in [-0.4, -0.2) is 23.9 Å². The lowest BCUT2D eigenvalue weighted by atomic mass is 9.80. The van der Waals surface area contributed by atoms with Gasteiger partial charge in [0.1, 0.15) is 5.75 Å². The Morgan fingerprint density at radius 3 is 2.32 bits per heavy atom. The Balaban J connectivity index is 1.47. The summed E-state index contributed by atoms with van der Waals surface area (Å²) >= 11 is 3.19. The monoisotopic (exact) mass is 528 g/mol. The van der Waals surface area contributed by atoms with Crippen molar-refractivity contribution in [2.75, 3.05) is 7.11 Å². The molecule has 0 fully saturated rings. The summed E-state index contributed by atoms with van der Waals surface area (Å²) < 4.78 is 6.34. The maximum atomic E-state index is 13.5. The van der Waals surface area contributed by atoms with Gasteiger partial charge < -0.3 is 15.3 Å². The molecule has 1 heterocycles. The molecule has 188 valence electrons. The number of oxime groups is 1. The van der Waals surface area contributed by atoms with E-state index in [0.717, 1.165) is 38.0 Å². The lowest BCUT2D eigenvalue weighted by Crippen LogP contribution is -2.25. The van der Waals surface area contributed by atoms with Crippen LogP contribution in [0.4, 0.5) is 0 Å². The van der Waals surface area contributed by atoms with E-state index in [9.17, 15) is 10.0 Å². The summed E-state index contributed by atoms with van der Waals surface area (Å²) in [7, 11) is 1.65. The van der Waals surface area contributed by atoms with Gasteiger partial charge in [-0.25, -0.2) is 0 Å². The first kappa shape index (κ1) is 25.1. The number of methoxy groups -OCH3 is 1. The van der Waals surface area contributed by atoms with Crippen molar-refractivity contribution >= 4 is 34.7 Å². The molecule has 1 aliphatic carbocycles. The Labute approximate surface area is 225 Å². The van der Waals surface area contributed by atoms with Crippen molar-refractivity contribution in [3.05, 3.63) is 118 Å². The Bertz CT molecular complexity index is 1380. The highest BCUT2D eigenvalue weighted by Crippen LogP contribution is 2.45. The van der Waals surface area contributed by atoms with E-state index in [1.807, 2.05) is 60.7 Å². The molecule has 1 aromatic heterocycles. The molecule has 2 N–H and O–H groups in total. The molecule has 0 saturated heterocycles. The van der Waals surface area contributed by atoms with Gasteiger partial charge >= 0.3 is 0 Å². The SMILES string of the molecule is COc1ccc(C2C/C(=N\O)c3c(SCc4ccccc4)sc(C(=O)NCc4ccccc4)c3C2)cc1. The predicted octanol–water partition coefficient (Wildman–Crippen LogP) is 6.89. The number of hydrogen-bond acceptors (Lipinski definition) is 6. The van der Waals surface area contributed by atoms with Crippen LogP contribution in [0.25, 0.3) is 0 Å². The highest BCUT2D eigenvalue weighted by atomic mass is 32.2. The molecular weight excluding hydrogens is 500 g/mol. The van der Waals surface area contributed by atoms with Crippen LogP contribution < -0.4 is 10.1 Å². The maximum Gasteiger partial charge on any atom is 0.261 e. The zero-order valence-electron chi connectivity index (χ0n) is 20.5. The molecule has 37 heavy (non-hydrogen) atoms. The minimum Gasteiger partial charge on any atom is -0.497 e. The molecule has 1 aliphatic rings. The van der Waals surface area contributed by atoms with Crippen LogP contribution in [-0.2, 0) is 18.7 Å². The molecule has 0 radical (unpaired) electrons. The van der Waals surface area contributed by atoms with Gasteiger partial charge in [0.05, 0.1) is 21.9 Å². The van der Waals surface area contributed by atoms with Gasteiger partial charge in [0, 0.05) is 24.3 Å². The van der Waals surface area contributed by atoms with Crippen molar-refractivity contribution in [2.24, 2.45) is 5.16 Å². The fourth-order valence-electron chi connectivity index (χ4n) is 4.65. The van der Waals surface area contributed by atoms with Crippen LogP contribution in [0.5, 0.6) is 5.75 Å². The summed E-state index contributed by atoms with van der Waals surface area (Å²) in [6.45, 7) is 0.460. The van der Waals surface area contributed by atoms with Gasteiger partial charge in [0.25, 0.3) is 5.91 Å². The highest BCUT2D eigenvalue weighted by Gasteiger charge is 2.34. The number of carbonyl (C=O) groups excluding carboxylic acids is 1. The molecule has 0 spiro atoms. The van der Waals surface area contributed by atoms with Crippen LogP contribution in [0.2, 0.25) is 0 Å². The van der Waals surface area contributed by atoms with E-state index in [-0.39, 0.29) is 11.8 Å². The first-order chi connectivity index (χ1) is 18.2. The summed E-state index contributed by atoms with van der Waals surface area (Å²) in [5.74, 6) is 1.59. The molecule has 1 atom stereocenters. The summed E-state index contributed by atoms with van der Waals surface area (Å²) in [5, 5.41) is 16.9. The highest BCUT2D eigenvalue weighted by molar-refractivity contribution is 8.00. The molecule has 0 saturated carbocycles. The summed E-state index contributed by atoms with van der Waals surface area (Å²) in [6.07, 6.45) is 1.31. The summed E-state index contributed by atoms with van der Waals surface area (Å²) in [6, 6.07) is 28.2. The number of carbonyl (C=O) groups is 1. The predicted molar refractivity (Wildman–Crippen MR) is 150 cm³/mol. The number of nitrogens with zero attached hydrogens (tertiary/aromatic N) is 1. The van der Waals surface area contributed by atoms with Crippen LogP contribution in [0.3, 0.4) is 0 Å². The molecule has 5 rings (SSSR count). The number of hydrogen-bond donors (Lipinski definition) is 2. The second-order valence-corrected chi connectivity index (χ2v) is 11.2. The standard InChI is InChI=1S/C30H28N2O3S2/c1-35-24-14-12-22(13-15-24)23-16-25-27(26(17-23)32-34)30(36-19-21-10-6-3-7-11-21)37-28(25)29(33)31-18-20-8-4-2-5-9-20/h2-15,23,34H,16-19H2,1H3,(H,31,33)/b32-26+. The van der Waals surface area contributed by atoms with Gasteiger partial charge in [-0.1, -0.05) is 78.0 Å². The van der Waals surface area contributed by atoms with Crippen molar-refractivity contribution in [3.8, 4) is 5.75 Å². The zero-order chi connectivity index (χ0) is 25.6. The number of amides is 1. The summed E-state index contributed by atoms with van der Waals surface area (Å²) in [5.41, 5.74) is 5.91. The number of thiophene rings is 1. The van der Waals surface area contributed by atoms with Crippen molar-refractivity contribution < 1.29 is 14.7 Å². The number of rotatable bonds is 8. The van der Waals surface area contributed by atoms with Gasteiger partial charge in [0.15, 0.2) is 0 Å². The first-order valence-corrected chi connectivity index (χ1v) is 14.0. The minimum atomic E-state index is -0.0932. The second kappa shape index (κ2) is 11.7. The molecule has 4 aromatic rings. The maximum absolute atomic E-state index is 13.5. The molecule has 7 heteroatoms. The van der Waals surface area contributed by atoms with E-state index in [4.69, 9.17) is 4.74 Å². The Morgan fingerprint density at radius 2 is 1.68 bits per heavy atom. The third-order valence-corrected chi connectivity index (χ3v) is 9.15. The first-order valence-electron chi connectivity index (χ1n) is 12.2. The van der Waals surface area contributed by atoms with E-state index >= 15 is 0 Å². The van der Waals surface area contributed by atoms with E-state index in [1.165, 1.54) is 16.9 Å². The molecule has 5 nitrogen and oxygen atoms in total. The third-order valence-electron chi connectivity index (χ3n) is 6.58. The molecule has 1 amide bonds. The topological polar surface area (TPSA) is 70.9 Å². The fourth-order valence-corrected chi connectivity index (χ4v) is 7.19. The minimum absolute atomic E-state index is 0.0932. The average molecular weight is 529 g/mol. The zero-order valence-corrected chi connectivity index (χ0v) is 22.1. The normalized spacial score (nSPS) is 15.8. The number of ether oxygens (including phenoxy) is 1. The van der Waals surface area contributed by atoms with Crippen LogP contribution in [0.15, 0.2) is 94.3 Å². The fraction of sp³-hybridized carbons (Fsp3) is 0.200. The number of nitrogens with one attached hydrogen (secondary N) is 1. The van der Waals surface area contributed by atoms with Crippen molar-refractivity contribution in [1.82, 2.24) is 5.32 Å². The van der Waals surface area contributed by atoms with E-state index < -0.39 is 0 Å². The lowest BCUT2D eigenvalue weighted by molar-refractivity contribution is 0.0954. The molecule has 0 aliphatic heterocycles. The Hall–Kier alpha value is -3.55. The van der Waals surface area contributed by atoms with Gasteiger partial charge in [-0.2, -0.15) is 0 Å². The van der Waals surface area contributed by atoms with Crippen LogP contribution in [0, 0.1) is 0 Å². The smallest absolute Gasteiger partial charge is 0.261 e. The van der Waals surface area contributed by atoms with Gasteiger partial charge in [-0.05, 0) is 46.7 Å². The Kier molecular flexibility index (Phi) is 7.92. The van der Waals surface area contributed by atoms with Gasteiger partial charge in [0.2, 0.25) is 0 Å². The molecule has 3 aromatic carbocycles. The van der Waals surface area contributed by atoms with Crippen molar-refractivity contribution in [3.63, 3.8) is 0 Å². The van der Waals surface area contributed by atoms with Gasteiger partial charge in [-0.15, -0.1) is 23.1 Å². The quantitative estimate of drug-likeness (QED) is 0.148. The largest absolute Gasteiger partial charge is 0.497 e. The second-order valence-electron chi connectivity index (χ2n) is 8.94.